The number of carbonyl (C=O) groups is 2. The fourth-order valence-electron chi connectivity index (χ4n) is 0.717. The number of hydrogen-bond donors (Lipinski definition) is 0. The maximum Gasteiger partial charge on any atom is 0.338 e. The molecule has 1 saturated heterocycles. The van der Waals surface area contributed by atoms with E-state index in [9.17, 15) is 9.59 Å². The number of esters is 1. The molecule has 56 valence electrons. The van der Waals surface area contributed by atoms with E-state index in [-0.39, 0.29) is 5.78 Å². The lowest BCUT2D eigenvalue weighted by atomic mass is 10.2. The molecule has 0 spiro atoms. The fraction of sp³-hybridized carbons (Fsp3) is 0.667. The number of ether oxygens (including phenoxy) is 2. The Kier molecular flexibility index (Phi) is 1.72. The summed E-state index contributed by atoms with van der Waals surface area (Å²) in [5.74, 6) is -0.601. The van der Waals surface area contributed by atoms with E-state index in [2.05, 4.69) is 4.74 Å². The number of Topliss-reactive ketones (excluding diaryl/α,β-unsaturated/α-hetero) is 1. The van der Waals surface area contributed by atoms with Crippen LogP contribution in [0, 0.1) is 0 Å². The van der Waals surface area contributed by atoms with Gasteiger partial charge >= 0.3 is 5.97 Å². The van der Waals surface area contributed by atoms with Gasteiger partial charge in [0.25, 0.3) is 0 Å². The molecule has 0 N–H and O–H groups in total. The van der Waals surface area contributed by atoms with Crippen molar-refractivity contribution in [1.82, 2.24) is 0 Å². The van der Waals surface area contributed by atoms with Crippen LogP contribution in [0.1, 0.15) is 6.92 Å². The van der Waals surface area contributed by atoms with E-state index in [1.807, 2.05) is 0 Å². The van der Waals surface area contributed by atoms with Crippen molar-refractivity contribution in [3.05, 3.63) is 0 Å². The van der Waals surface area contributed by atoms with E-state index in [1.165, 1.54) is 14.0 Å². The van der Waals surface area contributed by atoms with Gasteiger partial charge in [0.15, 0.2) is 18.0 Å². The van der Waals surface area contributed by atoms with Gasteiger partial charge in [-0.25, -0.2) is 4.79 Å². The first-order valence-corrected chi connectivity index (χ1v) is 2.90. The van der Waals surface area contributed by atoms with Gasteiger partial charge < -0.3 is 9.47 Å². The lowest BCUT2D eigenvalue weighted by Gasteiger charge is -1.89. The van der Waals surface area contributed by atoms with E-state index in [4.69, 9.17) is 4.74 Å². The number of hydrogen-bond acceptors (Lipinski definition) is 4. The zero-order chi connectivity index (χ0) is 7.72. The summed E-state index contributed by atoms with van der Waals surface area (Å²) >= 11 is 0. The van der Waals surface area contributed by atoms with E-state index in [1.54, 1.807) is 0 Å². The summed E-state index contributed by atoms with van der Waals surface area (Å²) in [6.07, 6.45) is -1.19. The minimum atomic E-state index is -0.637. The number of rotatable bonds is 2. The van der Waals surface area contributed by atoms with E-state index < -0.39 is 18.2 Å². The van der Waals surface area contributed by atoms with Crippen LogP contribution in [0.25, 0.3) is 0 Å². The molecule has 1 aliphatic rings. The van der Waals surface area contributed by atoms with Gasteiger partial charge in [-0.15, -0.1) is 0 Å². The van der Waals surface area contributed by atoms with Crippen molar-refractivity contribution in [2.24, 2.45) is 0 Å². The molecule has 0 aliphatic carbocycles. The summed E-state index contributed by atoms with van der Waals surface area (Å²) in [4.78, 5) is 21.1. The van der Waals surface area contributed by atoms with E-state index in [0.29, 0.717) is 0 Å². The van der Waals surface area contributed by atoms with Crippen LogP contribution in [-0.2, 0) is 19.1 Å². The molecule has 0 aromatic carbocycles. The van der Waals surface area contributed by atoms with Gasteiger partial charge in [0.1, 0.15) is 0 Å². The predicted molar refractivity (Wildman–Crippen MR) is 31.4 cm³/mol. The van der Waals surface area contributed by atoms with Gasteiger partial charge in [-0.05, 0) is 6.92 Å². The second-order valence-corrected chi connectivity index (χ2v) is 2.11. The molecule has 1 unspecified atom stereocenters. The molecule has 0 radical (unpaired) electrons. The smallest absolute Gasteiger partial charge is 0.338 e. The van der Waals surface area contributed by atoms with Crippen LogP contribution in [0.5, 0.6) is 0 Å². The second kappa shape index (κ2) is 2.38. The Morgan fingerprint density at radius 1 is 1.40 bits per heavy atom. The summed E-state index contributed by atoms with van der Waals surface area (Å²) in [5.41, 5.74) is 0. The Bertz CT molecular complexity index is 175. The first kappa shape index (κ1) is 7.21. The summed E-state index contributed by atoms with van der Waals surface area (Å²) in [6.45, 7) is 1.38. The maximum absolute atomic E-state index is 10.6. The SMILES string of the molecule is COC(=O)C1O[C@@H]1C(C)=O. The first-order chi connectivity index (χ1) is 4.66. The van der Waals surface area contributed by atoms with Crippen molar-refractivity contribution in [2.75, 3.05) is 7.11 Å². The monoisotopic (exact) mass is 144 g/mol. The van der Waals surface area contributed by atoms with Crippen molar-refractivity contribution < 1.29 is 19.1 Å². The van der Waals surface area contributed by atoms with E-state index >= 15 is 0 Å². The fourth-order valence-corrected chi connectivity index (χ4v) is 0.717. The lowest BCUT2D eigenvalue weighted by molar-refractivity contribution is -0.142. The van der Waals surface area contributed by atoms with Gasteiger partial charge in [-0.3, -0.25) is 4.79 Å². The molecule has 0 bridgehead atoms. The molecule has 0 saturated carbocycles. The molecule has 1 rings (SSSR count). The quantitative estimate of drug-likeness (QED) is 0.388. The number of methoxy groups -OCH3 is 1. The number of ketones is 1. The number of carbonyl (C=O) groups excluding carboxylic acids is 2. The third-order valence-corrected chi connectivity index (χ3v) is 1.33. The molecule has 0 aromatic rings. The molecular formula is C6H8O4. The van der Waals surface area contributed by atoms with Crippen molar-refractivity contribution in [3.63, 3.8) is 0 Å². The van der Waals surface area contributed by atoms with Crippen LogP contribution >= 0.6 is 0 Å². The highest BCUT2D eigenvalue weighted by Crippen LogP contribution is 2.23. The Morgan fingerprint density at radius 2 is 2.00 bits per heavy atom. The Labute approximate surface area is 58.1 Å². The lowest BCUT2D eigenvalue weighted by Crippen LogP contribution is -2.15. The van der Waals surface area contributed by atoms with Crippen LogP contribution in [-0.4, -0.2) is 31.1 Å². The second-order valence-electron chi connectivity index (χ2n) is 2.11. The summed E-state index contributed by atoms with van der Waals surface area (Å²) in [6, 6.07) is 0. The van der Waals surface area contributed by atoms with Crippen molar-refractivity contribution in [2.45, 2.75) is 19.1 Å². The zero-order valence-electron chi connectivity index (χ0n) is 5.79. The largest absolute Gasteiger partial charge is 0.467 e. The van der Waals surface area contributed by atoms with Crippen molar-refractivity contribution >= 4 is 11.8 Å². The highest BCUT2D eigenvalue weighted by molar-refractivity contribution is 5.92. The Balaban J connectivity index is 2.38. The molecule has 0 aromatic heterocycles. The molecule has 4 heteroatoms. The zero-order valence-corrected chi connectivity index (χ0v) is 5.79. The van der Waals surface area contributed by atoms with Crippen molar-refractivity contribution in [1.29, 1.82) is 0 Å². The third kappa shape index (κ3) is 1.16. The van der Waals surface area contributed by atoms with Gasteiger partial charge in [0, 0.05) is 0 Å². The Hall–Kier alpha value is -0.900. The van der Waals surface area contributed by atoms with Gasteiger partial charge in [0.2, 0.25) is 0 Å². The molecule has 1 fully saturated rings. The summed E-state index contributed by atoms with van der Waals surface area (Å²) in [7, 11) is 1.27. The van der Waals surface area contributed by atoms with Crippen LogP contribution in [0.4, 0.5) is 0 Å². The maximum atomic E-state index is 10.6. The molecule has 0 amide bonds. The third-order valence-electron chi connectivity index (χ3n) is 1.33. The molecule has 4 nitrogen and oxygen atoms in total. The molecule has 10 heavy (non-hydrogen) atoms. The van der Waals surface area contributed by atoms with Gasteiger partial charge in [-0.2, -0.15) is 0 Å². The molecular weight excluding hydrogens is 136 g/mol. The van der Waals surface area contributed by atoms with Crippen LogP contribution < -0.4 is 0 Å². The van der Waals surface area contributed by atoms with Crippen molar-refractivity contribution in [3.8, 4) is 0 Å². The normalized spacial score (nSPS) is 29.4. The van der Waals surface area contributed by atoms with Crippen LogP contribution in [0.15, 0.2) is 0 Å². The minimum Gasteiger partial charge on any atom is -0.467 e. The average Bonchev–Trinajstić information content (AvgIpc) is 2.64. The van der Waals surface area contributed by atoms with Crippen LogP contribution in [0.2, 0.25) is 0 Å². The van der Waals surface area contributed by atoms with Gasteiger partial charge in [0.05, 0.1) is 7.11 Å². The van der Waals surface area contributed by atoms with Gasteiger partial charge in [-0.1, -0.05) is 0 Å². The molecule has 1 heterocycles. The average molecular weight is 144 g/mol. The molecule has 2 atom stereocenters. The molecule has 1 aliphatic heterocycles. The predicted octanol–water partition coefficient (Wildman–Crippen LogP) is -0.484. The number of epoxide rings is 1. The highest BCUT2D eigenvalue weighted by atomic mass is 16.6. The standard InChI is InChI=1S/C6H8O4/c1-3(7)4-5(10-4)6(8)9-2/h4-5H,1-2H3/t4-,5?/m1/s1. The van der Waals surface area contributed by atoms with Crippen LogP contribution in [0.3, 0.4) is 0 Å². The van der Waals surface area contributed by atoms with E-state index in [0.717, 1.165) is 0 Å². The first-order valence-electron chi connectivity index (χ1n) is 2.90. The highest BCUT2D eigenvalue weighted by Gasteiger charge is 2.49. The summed E-state index contributed by atoms with van der Waals surface area (Å²) < 4.78 is 9.05. The minimum absolute atomic E-state index is 0.129. The Morgan fingerprint density at radius 3 is 2.30 bits per heavy atom. The topological polar surface area (TPSA) is 55.9 Å². The summed E-state index contributed by atoms with van der Waals surface area (Å²) in [5, 5.41) is 0.